The first kappa shape index (κ1) is 16.6. The van der Waals surface area contributed by atoms with Gasteiger partial charge in [-0.05, 0) is 31.0 Å². The molecule has 2 saturated heterocycles. The average Bonchev–Trinajstić information content (AvgIpc) is 3.06. The number of hydrogen-bond donors (Lipinski definition) is 0. The normalized spacial score (nSPS) is 21.6. The van der Waals surface area contributed by atoms with Gasteiger partial charge >= 0.3 is 0 Å². The van der Waals surface area contributed by atoms with E-state index >= 15 is 0 Å². The molecule has 2 aliphatic rings. The van der Waals surface area contributed by atoms with Crippen LogP contribution in [-0.2, 0) is 9.53 Å². The van der Waals surface area contributed by atoms with Gasteiger partial charge < -0.3 is 14.5 Å². The molecule has 1 atom stereocenters. The zero-order valence-electron chi connectivity index (χ0n) is 12.6. The van der Waals surface area contributed by atoms with Crippen molar-refractivity contribution in [1.82, 2.24) is 9.80 Å². The third-order valence-electron chi connectivity index (χ3n) is 4.29. The van der Waals surface area contributed by atoms with Crippen LogP contribution in [0.5, 0.6) is 0 Å². The van der Waals surface area contributed by atoms with Gasteiger partial charge in [0.05, 0.1) is 23.3 Å². The van der Waals surface area contributed by atoms with Gasteiger partial charge in [0.15, 0.2) is 0 Å². The Bertz CT molecular complexity index is 617. The summed E-state index contributed by atoms with van der Waals surface area (Å²) < 4.78 is 5.28. The lowest BCUT2D eigenvalue weighted by Gasteiger charge is -2.32. The molecule has 0 radical (unpaired) electrons. The van der Waals surface area contributed by atoms with E-state index in [1.807, 2.05) is 0 Å². The van der Waals surface area contributed by atoms with E-state index in [2.05, 4.69) is 0 Å². The number of halogens is 2. The van der Waals surface area contributed by atoms with E-state index in [0.29, 0.717) is 54.9 Å². The van der Waals surface area contributed by atoms with Gasteiger partial charge in [0.1, 0.15) is 6.04 Å². The molecule has 0 bridgehead atoms. The summed E-state index contributed by atoms with van der Waals surface area (Å²) in [5.74, 6) is -0.160. The number of ether oxygens (including phenoxy) is 1. The molecule has 2 fully saturated rings. The second kappa shape index (κ2) is 7.07. The topological polar surface area (TPSA) is 49.9 Å². The van der Waals surface area contributed by atoms with E-state index in [0.717, 1.165) is 6.42 Å². The second-order valence-electron chi connectivity index (χ2n) is 5.72. The number of amides is 2. The highest BCUT2D eigenvalue weighted by atomic mass is 35.5. The summed E-state index contributed by atoms with van der Waals surface area (Å²) in [6, 6.07) is 4.41. The maximum Gasteiger partial charge on any atom is 0.254 e. The first-order valence-corrected chi connectivity index (χ1v) is 8.46. The fraction of sp³-hybridized carbons (Fsp3) is 0.500. The third-order valence-corrected chi connectivity index (χ3v) is 5.03. The van der Waals surface area contributed by atoms with E-state index in [9.17, 15) is 9.59 Å². The lowest BCUT2D eigenvalue weighted by atomic mass is 10.1. The quantitative estimate of drug-likeness (QED) is 0.817. The van der Waals surface area contributed by atoms with Crippen molar-refractivity contribution in [2.45, 2.75) is 18.9 Å². The van der Waals surface area contributed by atoms with Crippen LogP contribution in [0.15, 0.2) is 18.2 Å². The lowest BCUT2D eigenvalue weighted by molar-refractivity contribution is -0.139. The lowest BCUT2D eigenvalue weighted by Crippen LogP contribution is -2.51. The molecule has 1 aromatic carbocycles. The number of likely N-dealkylation sites (tertiary alicyclic amines) is 1. The molecule has 0 aromatic heterocycles. The summed E-state index contributed by atoms with van der Waals surface area (Å²) in [5.41, 5.74) is 0.459. The summed E-state index contributed by atoms with van der Waals surface area (Å²) in [5, 5.41) is 0.748. The fourth-order valence-electron chi connectivity index (χ4n) is 3.06. The van der Waals surface area contributed by atoms with Crippen LogP contribution in [0, 0.1) is 0 Å². The summed E-state index contributed by atoms with van der Waals surface area (Å²) >= 11 is 11.9. The summed E-state index contributed by atoms with van der Waals surface area (Å²) in [6.07, 6.45) is 1.52. The highest BCUT2D eigenvalue weighted by Crippen LogP contribution is 2.26. The van der Waals surface area contributed by atoms with Crippen LogP contribution in [0.25, 0.3) is 0 Å². The van der Waals surface area contributed by atoms with Gasteiger partial charge in [-0.3, -0.25) is 9.59 Å². The molecule has 0 saturated carbocycles. The van der Waals surface area contributed by atoms with Gasteiger partial charge in [0.25, 0.3) is 5.91 Å². The van der Waals surface area contributed by atoms with Gasteiger partial charge in [-0.15, -0.1) is 0 Å². The number of morpholine rings is 1. The molecule has 1 aromatic rings. The standard InChI is InChI=1S/C16H18Cl2N2O3/c17-12-4-3-11(10-13(12)18)15(21)20-5-1-2-14(20)16(22)19-6-8-23-9-7-19/h3-4,10,14H,1-2,5-9H2/t14-/m1/s1. The van der Waals surface area contributed by atoms with Crippen LogP contribution in [0.2, 0.25) is 10.0 Å². The molecular formula is C16H18Cl2N2O3. The third kappa shape index (κ3) is 3.47. The van der Waals surface area contributed by atoms with Crippen LogP contribution < -0.4 is 0 Å². The number of benzene rings is 1. The molecule has 0 spiro atoms. The van der Waals surface area contributed by atoms with Crippen molar-refractivity contribution in [2.75, 3.05) is 32.8 Å². The molecule has 0 unspecified atom stereocenters. The molecule has 23 heavy (non-hydrogen) atoms. The Labute approximate surface area is 145 Å². The van der Waals surface area contributed by atoms with E-state index < -0.39 is 6.04 Å². The minimum Gasteiger partial charge on any atom is -0.378 e. The summed E-state index contributed by atoms with van der Waals surface area (Å²) in [7, 11) is 0. The number of nitrogens with zero attached hydrogens (tertiary/aromatic N) is 2. The molecule has 5 nitrogen and oxygen atoms in total. The fourth-order valence-corrected chi connectivity index (χ4v) is 3.35. The minimum absolute atomic E-state index is 0.0132. The Balaban J connectivity index is 1.76. The Morgan fingerprint density at radius 1 is 1.09 bits per heavy atom. The first-order valence-electron chi connectivity index (χ1n) is 7.70. The van der Waals surface area contributed by atoms with Crippen LogP contribution in [0.4, 0.5) is 0 Å². The highest BCUT2D eigenvalue weighted by Gasteiger charge is 2.37. The Morgan fingerprint density at radius 3 is 2.52 bits per heavy atom. The van der Waals surface area contributed by atoms with E-state index in [1.54, 1.807) is 28.0 Å². The van der Waals surface area contributed by atoms with E-state index in [4.69, 9.17) is 27.9 Å². The number of rotatable bonds is 2. The predicted molar refractivity (Wildman–Crippen MR) is 87.9 cm³/mol. The van der Waals surface area contributed by atoms with Crippen molar-refractivity contribution in [3.8, 4) is 0 Å². The van der Waals surface area contributed by atoms with Crippen molar-refractivity contribution in [2.24, 2.45) is 0 Å². The molecule has 2 aliphatic heterocycles. The number of carbonyl (C=O) groups excluding carboxylic acids is 2. The molecule has 7 heteroatoms. The van der Waals surface area contributed by atoms with Crippen LogP contribution in [0.3, 0.4) is 0 Å². The zero-order chi connectivity index (χ0) is 16.4. The smallest absolute Gasteiger partial charge is 0.254 e. The van der Waals surface area contributed by atoms with Gasteiger partial charge in [-0.1, -0.05) is 23.2 Å². The monoisotopic (exact) mass is 356 g/mol. The minimum atomic E-state index is -0.393. The molecule has 2 amide bonds. The molecule has 0 N–H and O–H groups in total. The summed E-state index contributed by atoms with van der Waals surface area (Å²) in [4.78, 5) is 28.9. The maximum absolute atomic E-state index is 12.7. The van der Waals surface area contributed by atoms with Crippen molar-refractivity contribution >= 4 is 35.0 Å². The van der Waals surface area contributed by atoms with Gasteiger partial charge in [-0.2, -0.15) is 0 Å². The first-order chi connectivity index (χ1) is 11.1. The van der Waals surface area contributed by atoms with Gasteiger partial charge in [0.2, 0.25) is 5.91 Å². The highest BCUT2D eigenvalue weighted by molar-refractivity contribution is 6.42. The molecule has 3 rings (SSSR count). The molecule has 124 valence electrons. The van der Waals surface area contributed by atoms with Crippen molar-refractivity contribution in [3.63, 3.8) is 0 Å². The molecule has 0 aliphatic carbocycles. The zero-order valence-corrected chi connectivity index (χ0v) is 14.1. The Hall–Kier alpha value is -1.30. The van der Waals surface area contributed by atoms with E-state index in [1.165, 1.54) is 0 Å². The Morgan fingerprint density at radius 2 is 1.83 bits per heavy atom. The number of carbonyl (C=O) groups is 2. The summed E-state index contributed by atoms with van der Waals surface area (Å²) in [6.45, 7) is 2.87. The van der Waals surface area contributed by atoms with Crippen molar-refractivity contribution in [3.05, 3.63) is 33.8 Å². The van der Waals surface area contributed by atoms with Gasteiger partial charge in [-0.25, -0.2) is 0 Å². The van der Waals surface area contributed by atoms with Crippen LogP contribution in [-0.4, -0.2) is 60.5 Å². The van der Waals surface area contributed by atoms with E-state index in [-0.39, 0.29) is 11.8 Å². The van der Waals surface area contributed by atoms with Crippen molar-refractivity contribution in [1.29, 1.82) is 0 Å². The second-order valence-corrected chi connectivity index (χ2v) is 6.54. The number of hydrogen-bond acceptors (Lipinski definition) is 3. The molecule has 2 heterocycles. The SMILES string of the molecule is O=C([C@H]1CCCN1C(=O)c1ccc(Cl)c(Cl)c1)N1CCOCC1. The Kier molecular flexibility index (Phi) is 5.09. The van der Waals surface area contributed by atoms with Crippen LogP contribution >= 0.6 is 23.2 Å². The molecular weight excluding hydrogens is 339 g/mol. The predicted octanol–water partition coefficient (Wildman–Crippen LogP) is 2.46. The largest absolute Gasteiger partial charge is 0.378 e. The maximum atomic E-state index is 12.7. The average molecular weight is 357 g/mol. The van der Waals surface area contributed by atoms with Crippen LogP contribution in [0.1, 0.15) is 23.2 Å². The van der Waals surface area contributed by atoms with Crippen molar-refractivity contribution < 1.29 is 14.3 Å². The van der Waals surface area contributed by atoms with Gasteiger partial charge in [0, 0.05) is 25.2 Å².